The summed E-state index contributed by atoms with van der Waals surface area (Å²) in [7, 11) is 0. The lowest BCUT2D eigenvalue weighted by atomic mass is 9.99. The largest absolute Gasteiger partial charge is 0.506 e. The molecule has 0 bridgehead atoms. The van der Waals surface area contributed by atoms with E-state index in [1.165, 1.54) is 0 Å². The van der Waals surface area contributed by atoms with Crippen molar-refractivity contribution in [1.82, 2.24) is 0 Å². The van der Waals surface area contributed by atoms with E-state index < -0.39 is 67.8 Å². The maximum atomic E-state index is 10.4. The van der Waals surface area contributed by atoms with Crippen LogP contribution in [0.4, 0.5) is 0 Å². The summed E-state index contributed by atoms with van der Waals surface area (Å²) in [4.78, 5) is 10.4. The first-order chi connectivity index (χ1) is 11.8. The maximum Gasteiger partial charge on any atom is 0.295 e. The molecule has 0 aromatic rings. The van der Waals surface area contributed by atoms with Gasteiger partial charge in [-0.05, 0) is 0 Å². The molecule has 0 aromatic carbocycles. The maximum absolute atomic E-state index is 10.4. The average Bonchev–Trinajstić information content (AvgIpc) is 2.59. The van der Waals surface area contributed by atoms with Crippen molar-refractivity contribution in [2.24, 2.45) is 0 Å². The van der Waals surface area contributed by atoms with Gasteiger partial charge in [0.2, 0.25) is 12.0 Å². The van der Waals surface area contributed by atoms with Crippen LogP contribution in [0, 0.1) is 0 Å². The van der Waals surface area contributed by atoms with Crippen molar-refractivity contribution < 1.29 is 59.9 Å². The fraction of sp³-hybridized carbons (Fsp3) is 0.769. The summed E-state index contributed by atoms with van der Waals surface area (Å²) in [5.74, 6) is -1.96. The molecule has 0 aliphatic carbocycles. The first kappa shape index (κ1) is 21.5. The van der Waals surface area contributed by atoms with Crippen LogP contribution < -0.4 is 0 Å². The minimum Gasteiger partial charge on any atom is -0.506 e. The van der Waals surface area contributed by atoms with E-state index in [2.05, 4.69) is 4.74 Å². The highest BCUT2D eigenvalue weighted by Gasteiger charge is 2.45. The van der Waals surface area contributed by atoms with Crippen LogP contribution in [-0.4, -0.2) is 104 Å². The lowest BCUT2D eigenvalue weighted by molar-refractivity contribution is -0.298. The summed E-state index contributed by atoms with van der Waals surface area (Å²) < 4.78 is 14.2. The van der Waals surface area contributed by atoms with Gasteiger partial charge in [-0.15, -0.1) is 0 Å². The third-order valence-electron chi connectivity index (χ3n) is 3.47. The molecule has 146 valence electrons. The molecule has 1 heterocycles. The summed E-state index contributed by atoms with van der Waals surface area (Å²) in [5, 5.41) is 76.3. The summed E-state index contributed by atoms with van der Waals surface area (Å²) in [6.45, 7) is -1.48. The highest BCUT2D eigenvalue weighted by atomic mass is 16.7. The lowest BCUT2D eigenvalue weighted by Crippen LogP contribution is -2.59. The Labute approximate surface area is 141 Å². The molecular weight excluding hydrogens is 348 g/mol. The summed E-state index contributed by atoms with van der Waals surface area (Å²) >= 11 is 0. The summed E-state index contributed by atoms with van der Waals surface area (Å²) in [6.07, 6.45) is -12.8. The second-order valence-corrected chi connectivity index (χ2v) is 5.18. The van der Waals surface area contributed by atoms with Gasteiger partial charge in [-0.3, -0.25) is 4.79 Å². The molecule has 0 aromatic heterocycles. The van der Waals surface area contributed by atoms with Gasteiger partial charge in [-0.1, -0.05) is 0 Å². The van der Waals surface area contributed by atoms with Gasteiger partial charge in [0.05, 0.1) is 6.61 Å². The molecule has 1 aliphatic rings. The lowest BCUT2D eigenvalue weighted by Gasteiger charge is -2.40. The van der Waals surface area contributed by atoms with Crippen LogP contribution >= 0.6 is 0 Å². The molecule has 7 atom stereocenters. The number of hydrogen-bond donors (Lipinski definition) is 8. The van der Waals surface area contributed by atoms with Gasteiger partial charge in [0.1, 0.15) is 30.5 Å². The van der Waals surface area contributed by atoms with Gasteiger partial charge < -0.3 is 55.1 Å². The highest BCUT2D eigenvalue weighted by molar-refractivity contribution is 5.38. The van der Waals surface area contributed by atoms with Gasteiger partial charge in [-0.25, -0.2) is 0 Å². The topological polar surface area (TPSA) is 207 Å². The van der Waals surface area contributed by atoms with E-state index in [-0.39, 0.29) is 12.9 Å². The standard InChI is InChI=1S/C13H22O12/c14-2-1-5(17)7(18)11(12(22)23-4-16)25-13-10(21)9(20)8(19)6(3-15)24-13/h4-6,8-10,12-15,17-22H,1-3H2/b11-7-. The number of rotatable bonds is 9. The van der Waals surface area contributed by atoms with E-state index in [0.717, 1.165) is 0 Å². The Morgan fingerprint density at radius 2 is 1.76 bits per heavy atom. The molecule has 1 rings (SSSR count). The van der Waals surface area contributed by atoms with E-state index in [1.54, 1.807) is 0 Å². The van der Waals surface area contributed by atoms with E-state index in [1.807, 2.05) is 0 Å². The van der Waals surface area contributed by atoms with E-state index in [0.29, 0.717) is 0 Å². The van der Waals surface area contributed by atoms with Crippen LogP contribution in [0.5, 0.6) is 0 Å². The molecule has 8 N–H and O–H groups in total. The highest BCUT2D eigenvalue weighted by Crippen LogP contribution is 2.26. The molecule has 1 saturated heterocycles. The molecule has 1 aliphatic heterocycles. The van der Waals surface area contributed by atoms with Crippen LogP contribution in [0.1, 0.15) is 6.42 Å². The van der Waals surface area contributed by atoms with Crippen LogP contribution in [0.3, 0.4) is 0 Å². The predicted octanol–water partition coefficient (Wildman–Crippen LogP) is -4.19. The molecule has 0 amide bonds. The van der Waals surface area contributed by atoms with Gasteiger partial charge in [0.15, 0.2) is 5.76 Å². The van der Waals surface area contributed by atoms with E-state index in [4.69, 9.17) is 19.7 Å². The quantitative estimate of drug-likeness (QED) is 0.110. The number of aliphatic hydroxyl groups excluding tert-OH is 8. The molecule has 0 radical (unpaired) electrons. The minimum absolute atomic E-state index is 0.187. The fourth-order valence-corrected chi connectivity index (χ4v) is 2.07. The van der Waals surface area contributed by atoms with Gasteiger partial charge >= 0.3 is 0 Å². The minimum atomic E-state index is -2.21. The van der Waals surface area contributed by atoms with Crippen molar-refractivity contribution in [1.29, 1.82) is 0 Å². The molecule has 1 fully saturated rings. The summed E-state index contributed by atoms with van der Waals surface area (Å²) in [5.41, 5.74) is 0. The first-order valence-corrected chi connectivity index (χ1v) is 7.24. The van der Waals surface area contributed by atoms with Crippen molar-refractivity contribution in [2.45, 2.75) is 49.5 Å². The number of aliphatic hydroxyl groups is 8. The summed E-state index contributed by atoms with van der Waals surface area (Å²) in [6, 6.07) is 0. The smallest absolute Gasteiger partial charge is 0.295 e. The molecular formula is C13H22O12. The molecule has 25 heavy (non-hydrogen) atoms. The molecule has 12 heteroatoms. The predicted molar refractivity (Wildman–Crippen MR) is 75.4 cm³/mol. The van der Waals surface area contributed by atoms with Crippen LogP contribution in [0.25, 0.3) is 0 Å². The second kappa shape index (κ2) is 9.84. The third kappa shape index (κ3) is 5.23. The Balaban J connectivity index is 3.07. The molecule has 0 saturated carbocycles. The van der Waals surface area contributed by atoms with Gasteiger partial charge in [0, 0.05) is 13.0 Å². The van der Waals surface area contributed by atoms with Crippen LogP contribution in [-0.2, 0) is 19.0 Å². The van der Waals surface area contributed by atoms with E-state index >= 15 is 0 Å². The normalized spacial score (nSPS) is 33.2. The number of hydrogen-bond acceptors (Lipinski definition) is 12. The Morgan fingerprint density at radius 1 is 1.12 bits per heavy atom. The zero-order chi connectivity index (χ0) is 19.1. The van der Waals surface area contributed by atoms with Crippen molar-refractivity contribution in [3.63, 3.8) is 0 Å². The zero-order valence-corrected chi connectivity index (χ0v) is 13.0. The number of carbonyl (C=O) groups is 1. The zero-order valence-electron chi connectivity index (χ0n) is 13.0. The average molecular weight is 370 g/mol. The Morgan fingerprint density at radius 3 is 2.28 bits per heavy atom. The van der Waals surface area contributed by atoms with Crippen LogP contribution in [0.2, 0.25) is 0 Å². The third-order valence-corrected chi connectivity index (χ3v) is 3.47. The molecule has 7 unspecified atom stereocenters. The fourth-order valence-electron chi connectivity index (χ4n) is 2.07. The van der Waals surface area contributed by atoms with Crippen molar-refractivity contribution in [3.05, 3.63) is 11.5 Å². The van der Waals surface area contributed by atoms with Crippen molar-refractivity contribution >= 4 is 6.47 Å². The van der Waals surface area contributed by atoms with Crippen molar-refractivity contribution in [2.75, 3.05) is 13.2 Å². The Bertz CT molecular complexity index is 452. The van der Waals surface area contributed by atoms with Gasteiger partial charge in [0.25, 0.3) is 12.8 Å². The monoisotopic (exact) mass is 370 g/mol. The first-order valence-electron chi connectivity index (χ1n) is 7.24. The van der Waals surface area contributed by atoms with Crippen LogP contribution in [0.15, 0.2) is 11.5 Å². The SMILES string of the molecule is O=COC(O)/C(OC1OC(CO)C(O)C(O)C1O)=C(/O)C(O)CCO. The number of carbonyl (C=O) groups excluding carboxylic acids is 1. The Hall–Kier alpha value is -1.51. The van der Waals surface area contributed by atoms with Crippen molar-refractivity contribution in [3.8, 4) is 0 Å². The number of ether oxygens (including phenoxy) is 3. The molecule has 12 nitrogen and oxygen atoms in total. The van der Waals surface area contributed by atoms with E-state index in [9.17, 15) is 35.4 Å². The van der Waals surface area contributed by atoms with Gasteiger partial charge in [-0.2, -0.15) is 0 Å². The Kier molecular flexibility index (Phi) is 8.47. The second-order valence-electron chi connectivity index (χ2n) is 5.18. The molecule has 0 spiro atoms.